The van der Waals surface area contributed by atoms with Gasteiger partial charge in [0.25, 0.3) is 0 Å². The molecule has 6 nitrogen and oxygen atoms in total. The molecule has 2 aromatic carbocycles. The zero-order valence-corrected chi connectivity index (χ0v) is 15.5. The monoisotopic (exact) mass is 388 g/mol. The van der Waals surface area contributed by atoms with Crippen molar-refractivity contribution in [3.05, 3.63) is 64.0 Å². The van der Waals surface area contributed by atoms with Crippen LogP contribution in [0.25, 0.3) is 11.0 Å². The van der Waals surface area contributed by atoms with Crippen molar-refractivity contribution in [2.45, 2.75) is 20.0 Å². The summed E-state index contributed by atoms with van der Waals surface area (Å²) in [7, 11) is 0. The number of benzene rings is 2. The summed E-state index contributed by atoms with van der Waals surface area (Å²) in [6, 6.07) is 11.5. The second-order valence-electron chi connectivity index (χ2n) is 5.63. The van der Waals surface area contributed by atoms with Crippen LogP contribution in [0.4, 0.5) is 0 Å². The molecular formula is C20H17ClO6. The quantitative estimate of drug-likeness (QED) is 0.576. The molecule has 0 aliphatic heterocycles. The van der Waals surface area contributed by atoms with E-state index >= 15 is 0 Å². The molecule has 3 aromatic rings. The number of fused-ring (bicyclic) bond motifs is 1. The van der Waals surface area contributed by atoms with Crippen LogP contribution < -0.4 is 14.9 Å². The minimum Gasteiger partial charge on any atom is -0.479 e. The van der Waals surface area contributed by atoms with Crippen molar-refractivity contribution < 1.29 is 23.4 Å². The van der Waals surface area contributed by atoms with Crippen molar-refractivity contribution >= 4 is 28.5 Å². The molecule has 0 fully saturated rings. The van der Waals surface area contributed by atoms with Crippen LogP contribution in [0.2, 0.25) is 5.02 Å². The summed E-state index contributed by atoms with van der Waals surface area (Å²) < 4.78 is 21.5. The van der Waals surface area contributed by atoms with Crippen LogP contribution in [0.15, 0.2) is 57.9 Å². The molecule has 1 aromatic heterocycles. The predicted octanol–water partition coefficient (Wildman–Crippen LogP) is 4.57. The molecule has 0 bridgehead atoms. The number of ether oxygens (including phenoxy) is 3. The SMILES string of the molecule is CCOC(=O)[C@@H](C)Oc1ccc2c(=O)c(Oc3ccccc3Cl)coc2c1. The Morgan fingerprint density at radius 1 is 1.19 bits per heavy atom. The van der Waals surface area contributed by atoms with Gasteiger partial charge in [-0.15, -0.1) is 0 Å². The second-order valence-corrected chi connectivity index (χ2v) is 6.04. The third-order valence-electron chi connectivity index (χ3n) is 3.70. The Balaban J connectivity index is 1.86. The lowest BCUT2D eigenvalue weighted by Gasteiger charge is -2.13. The lowest BCUT2D eigenvalue weighted by Crippen LogP contribution is -2.26. The van der Waals surface area contributed by atoms with Gasteiger partial charge in [-0.3, -0.25) is 4.79 Å². The summed E-state index contributed by atoms with van der Waals surface area (Å²) in [5.74, 6) is 0.284. The van der Waals surface area contributed by atoms with Gasteiger partial charge in [0.2, 0.25) is 11.2 Å². The minimum absolute atomic E-state index is 0.0177. The zero-order valence-electron chi connectivity index (χ0n) is 14.7. The van der Waals surface area contributed by atoms with Crippen LogP contribution in [0, 0.1) is 0 Å². The van der Waals surface area contributed by atoms with Gasteiger partial charge in [-0.05, 0) is 38.1 Å². The lowest BCUT2D eigenvalue weighted by molar-refractivity contribution is -0.150. The first-order valence-electron chi connectivity index (χ1n) is 8.31. The fourth-order valence-corrected chi connectivity index (χ4v) is 2.57. The van der Waals surface area contributed by atoms with E-state index in [0.29, 0.717) is 27.5 Å². The van der Waals surface area contributed by atoms with Gasteiger partial charge < -0.3 is 18.6 Å². The highest BCUT2D eigenvalue weighted by atomic mass is 35.5. The topological polar surface area (TPSA) is 75.0 Å². The summed E-state index contributed by atoms with van der Waals surface area (Å²) in [6.45, 7) is 3.57. The van der Waals surface area contributed by atoms with Crippen molar-refractivity contribution in [1.82, 2.24) is 0 Å². The molecule has 1 heterocycles. The van der Waals surface area contributed by atoms with E-state index in [1.165, 1.54) is 12.3 Å². The normalized spacial score (nSPS) is 11.8. The Hall–Kier alpha value is -2.99. The van der Waals surface area contributed by atoms with Crippen LogP contribution in [-0.2, 0) is 9.53 Å². The van der Waals surface area contributed by atoms with Gasteiger partial charge in [-0.1, -0.05) is 23.7 Å². The van der Waals surface area contributed by atoms with Gasteiger partial charge in [0, 0.05) is 6.07 Å². The first-order chi connectivity index (χ1) is 13.0. The fourth-order valence-electron chi connectivity index (χ4n) is 2.39. The summed E-state index contributed by atoms with van der Waals surface area (Å²) in [5, 5.41) is 0.699. The number of rotatable bonds is 6. The van der Waals surface area contributed by atoms with Crippen LogP contribution in [0.1, 0.15) is 13.8 Å². The second kappa shape index (κ2) is 8.14. The number of esters is 1. The highest BCUT2D eigenvalue weighted by Crippen LogP contribution is 2.29. The maximum atomic E-state index is 12.6. The zero-order chi connectivity index (χ0) is 19.4. The molecule has 0 aliphatic rings. The van der Waals surface area contributed by atoms with Gasteiger partial charge in [-0.25, -0.2) is 4.79 Å². The highest BCUT2D eigenvalue weighted by Gasteiger charge is 2.17. The summed E-state index contributed by atoms with van der Waals surface area (Å²) in [4.78, 5) is 24.3. The smallest absolute Gasteiger partial charge is 0.347 e. The van der Waals surface area contributed by atoms with Crippen molar-refractivity contribution in [1.29, 1.82) is 0 Å². The van der Waals surface area contributed by atoms with E-state index in [0.717, 1.165) is 0 Å². The number of carbonyl (C=O) groups excluding carboxylic acids is 1. The Labute approximate surface area is 160 Å². The van der Waals surface area contributed by atoms with Gasteiger partial charge in [0.15, 0.2) is 6.10 Å². The Morgan fingerprint density at radius 3 is 2.70 bits per heavy atom. The van der Waals surface area contributed by atoms with Gasteiger partial charge in [-0.2, -0.15) is 0 Å². The van der Waals surface area contributed by atoms with Crippen molar-refractivity contribution in [2.75, 3.05) is 6.61 Å². The number of carbonyl (C=O) groups is 1. The van der Waals surface area contributed by atoms with E-state index < -0.39 is 12.1 Å². The molecule has 0 amide bonds. The Kier molecular flexibility index (Phi) is 5.66. The molecule has 3 rings (SSSR count). The maximum Gasteiger partial charge on any atom is 0.347 e. The first-order valence-corrected chi connectivity index (χ1v) is 8.68. The Morgan fingerprint density at radius 2 is 1.96 bits per heavy atom. The summed E-state index contributed by atoms with van der Waals surface area (Å²) >= 11 is 6.05. The van der Waals surface area contributed by atoms with E-state index in [4.69, 9.17) is 30.2 Å². The van der Waals surface area contributed by atoms with E-state index in [2.05, 4.69) is 0 Å². The Bertz CT molecular complexity index is 1030. The van der Waals surface area contributed by atoms with E-state index in [-0.39, 0.29) is 17.8 Å². The van der Waals surface area contributed by atoms with Gasteiger partial charge >= 0.3 is 5.97 Å². The molecular weight excluding hydrogens is 372 g/mol. The van der Waals surface area contributed by atoms with Crippen molar-refractivity contribution in [3.8, 4) is 17.2 Å². The molecule has 7 heteroatoms. The molecule has 0 aliphatic carbocycles. The average Bonchev–Trinajstić information content (AvgIpc) is 2.66. The molecule has 0 saturated carbocycles. The largest absolute Gasteiger partial charge is 0.479 e. The molecule has 0 radical (unpaired) electrons. The van der Waals surface area contributed by atoms with Crippen molar-refractivity contribution in [2.24, 2.45) is 0 Å². The maximum absolute atomic E-state index is 12.6. The number of para-hydroxylation sites is 1. The third kappa shape index (κ3) is 4.23. The number of hydrogen-bond donors (Lipinski definition) is 0. The van der Waals surface area contributed by atoms with Gasteiger partial charge in [0.05, 0.1) is 17.0 Å². The molecule has 0 N–H and O–H groups in total. The fraction of sp³-hybridized carbons (Fsp3) is 0.200. The lowest BCUT2D eigenvalue weighted by atomic mass is 10.2. The number of halogens is 1. The predicted molar refractivity (Wildman–Crippen MR) is 101 cm³/mol. The van der Waals surface area contributed by atoms with E-state index in [1.54, 1.807) is 50.2 Å². The van der Waals surface area contributed by atoms with Crippen LogP contribution in [-0.4, -0.2) is 18.7 Å². The molecule has 1 atom stereocenters. The third-order valence-corrected chi connectivity index (χ3v) is 4.01. The van der Waals surface area contributed by atoms with Crippen LogP contribution >= 0.6 is 11.6 Å². The molecule has 0 unspecified atom stereocenters. The highest BCUT2D eigenvalue weighted by molar-refractivity contribution is 6.32. The van der Waals surface area contributed by atoms with E-state index in [1.807, 2.05) is 0 Å². The van der Waals surface area contributed by atoms with Gasteiger partial charge in [0.1, 0.15) is 23.3 Å². The van der Waals surface area contributed by atoms with Crippen molar-refractivity contribution in [3.63, 3.8) is 0 Å². The molecule has 0 saturated heterocycles. The van der Waals surface area contributed by atoms with Crippen LogP contribution in [0.3, 0.4) is 0 Å². The van der Waals surface area contributed by atoms with E-state index in [9.17, 15) is 9.59 Å². The average molecular weight is 389 g/mol. The minimum atomic E-state index is -0.781. The summed E-state index contributed by atoms with van der Waals surface area (Å²) in [5.41, 5.74) is -0.0405. The van der Waals surface area contributed by atoms with Crippen LogP contribution in [0.5, 0.6) is 17.2 Å². The summed E-state index contributed by atoms with van der Waals surface area (Å²) in [6.07, 6.45) is 0.434. The standard InChI is InChI=1S/C20H17ClO6/c1-3-24-20(23)12(2)26-13-8-9-14-17(10-13)25-11-18(19(14)22)27-16-7-5-4-6-15(16)21/h4-12H,3H2,1-2H3/t12-/m1/s1. The molecule has 27 heavy (non-hydrogen) atoms. The molecule has 140 valence electrons. The first kappa shape index (κ1) is 18.8. The molecule has 0 spiro atoms. The number of hydrogen-bond acceptors (Lipinski definition) is 6.